The lowest BCUT2D eigenvalue weighted by Crippen LogP contribution is -2.03. The average Bonchev–Trinajstić information content (AvgIpc) is 3.23. The van der Waals surface area contributed by atoms with Crippen LogP contribution < -0.4 is 0 Å². The van der Waals surface area contributed by atoms with Crippen LogP contribution in [-0.2, 0) is 15.6 Å². The van der Waals surface area contributed by atoms with Crippen LogP contribution in [0.25, 0.3) is 22.4 Å². The van der Waals surface area contributed by atoms with E-state index in [4.69, 9.17) is 0 Å². The smallest absolute Gasteiger partial charge is 0.184 e. The Morgan fingerprint density at radius 3 is 2.72 bits per heavy atom. The first-order valence-corrected chi connectivity index (χ1v) is 9.13. The standard InChI is InChI=1S/C17H13FN4O2S/c18-12-5-3-11(4-6-12)10-25(23,24)13-8-15(20-9-13)16-14-2-1-7-19-17(14)22-21-16/h1-9,20H,10H2,(H,19,21,22). The Kier molecular flexibility index (Phi) is 3.61. The predicted octanol–water partition coefficient (Wildman–Crippen LogP) is 3.07. The van der Waals surface area contributed by atoms with Crippen molar-refractivity contribution in [3.63, 3.8) is 0 Å². The second-order valence-corrected chi connectivity index (χ2v) is 7.60. The minimum atomic E-state index is -3.55. The molecule has 0 fully saturated rings. The molecule has 25 heavy (non-hydrogen) atoms. The summed E-state index contributed by atoms with van der Waals surface area (Å²) in [5.41, 5.74) is 2.36. The van der Waals surface area contributed by atoms with Gasteiger partial charge in [-0.1, -0.05) is 12.1 Å². The molecule has 2 N–H and O–H groups in total. The molecule has 0 saturated carbocycles. The van der Waals surface area contributed by atoms with Crippen molar-refractivity contribution in [3.8, 4) is 11.4 Å². The molecule has 126 valence electrons. The van der Waals surface area contributed by atoms with Crippen LogP contribution in [0.5, 0.6) is 0 Å². The van der Waals surface area contributed by atoms with Gasteiger partial charge < -0.3 is 4.98 Å². The van der Waals surface area contributed by atoms with E-state index in [1.165, 1.54) is 30.5 Å². The third-order valence-corrected chi connectivity index (χ3v) is 5.55. The summed E-state index contributed by atoms with van der Waals surface area (Å²) in [7, 11) is -3.55. The van der Waals surface area contributed by atoms with E-state index in [0.29, 0.717) is 22.6 Å². The van der Waals surface area contributed by atoms with Crippen LogP contribution in [0.15, 0.2) is 59.8 Å². The molecule has 0 bridgehead atoms. The quantitative estimate of drug-likeness (QED) is 0.588. The molecule has 3 aromatic heterocycles. The molecule has 1 aromatic carbocycles. The van der Waals surface area contributed by atoms with Gasteiger partial charge in [0.1, 0.15) is 5.82 Å². The Balaban J connectivity index is 1.67. The highest BCUT2D eigenvalue weighted by molar-refractivity contribution is 7.90. The molecule has 6 nitrogen and oxygen atoms in total. The number of hydrogen-bond acceptors (Lipinski definition) is 4. The van der Waals surface area contributed by atoms with Gasteiger partial charge in [-0.2, -0.15) is 5.10 Å². The highest BCUT2D eigenvalue weighted by Crippen LogP contribution is 2.27. The summed E-state index contributed by atoms with van der Waals surface area (Å²) < 4.78 is 38.1. The van der Waals surface area contributed by atoms with Gasteiger partial charge in [0.25, 0.3) is 0 Å². The summed E-state index contributed by atoms with van der Waals surface area (Å²) in [6, 6.07) is 10.6. The van der Waals surface area contributed by atoms with Crippen LogP contribution in [0.1, 0.15) is 5.56 Å². The second-order valence-electron chi connectivity index (χ2n) is 5.61. The molecule has 0 aliphatic carbocycles. The topological polar surface area (TPSA) is 91.5 Å². The van der Waals surface area contributed by atoms with Crippen molar-refractivity contribution in [1.29, 1.82) is 0 Å². The molecule has 0 amide bonds. The molecule has 0 aliphatic heterocycles. The monoisotopic (exact) mass is 356 g/mol. The molecule has 0 spiro atoms. The van der Waals surface area contributed by atoms with E-state index in [1.54, 1.807) is 18.3 Å². The largest absolute Gasteiger partial charge is 0.359 e. The van der Waals surface area contributed by atoms with Gasteiger partial charge >= 0.3 is 0 Å². The molecule has 0 radical (unpaired) electrons. The van der Waals surface area contributed by atoms with Crippen molar-refractivity contribution in [1.82, 2.24) is 20.2 Å². The van der Waals surface area contributed by atoms with Gasteiger partial charge in [-0.25, -0.2) is 17.8 Å². The summed E-state index contributed by atoms with van der Waals surface area (Å²) in [5, 5.41) is 7.77. The summed E-state index contributed by atoms with van der Waals surface area (Å²) in [5.74, 6) is -0.597. The zero-order chi connectivity index (χ0) is 17.4. The molecule has 4 rings (SSSR count). The Morgan fingerprint density at radius 1 is 1.12 bits per heavy atom. The average molecular weight is 356 g/mol. The number of aromatic amines is 2. The van der Waals surface area contributed by atoms with Gasteiger partial charge in [-0.05, 0) is 35.9 Å². The molecule has 8 heteroatoms. The van der Waals surface area contributed by atoms with Crippen molar-refractivity contribution in [2.45, 2.75) is 10.6 Å². The van der Waals surface area contributed by atoms with E-state index in [9.17, 15) is 12.8 Å². The summed E-state index contributed by atoms with van der Waals surface area (Å²) >= 11 is 0. The zero-order valence-corrected chi connectivity index (χ0v) is 13.7. The normalized spacial score (nSPS) is 11.9. The Hall–Kier alpha value is -3.00. The van der Waals surface area contributed by atoms with Crippen molar-refractivity contribution in [2.24, 2.45) is 0 Å². The van der Waals surface area contributed by atoms with Crippen LogP contribution >= 0.6 is 0 Å². The molecule has 0 aliphatic rings. The third-order valence-electron chi connectivity index (χ3n) is 3.88. The highest BCUT2D eigenvalue weighted by atomic mass is 32.2. The molecule has 0 saturated heterocycles. The zero-order valence-electron chi connectivity index (χ0n) is 12.9. The number of nitrogens with one attached hydrogen (secondary N) is 2. The van der Waals surface area contributed by atoms with Gasteiger partial charge in [0, 0.05) is 17.8 Å². The first kappa shape index (κ1) is 15.5. The van der Waals surface area contributed by atoms with Crippen LogP contribution in [0, 0.1) is 5.82 Å². The maximum absolute atomic E-state index is 13.0. The van der Waals surface area contributed by atoms with Gasteiger partial charge in [0.2, 0.25) is 0 Å². The predicted molar refractivity (Wildman–Crippen MR) is 91.0 cm³/mol. The minimum Gasteiger partial charge on any atom is -0.359 e. The first-order valence-electron chi connectivity index (χ1n) is 7.48. The van der Waals surface area contributed by atoms with E-state index in [0.717, 1.165) is 5.39 Å². The third kappa shape index (κ3) is 2.91. The molecule has 4 aromatic rings. The number of fused-ring (bicyclic) bond motifs is 1. The second kappa shape index (κ2) is 5.82. The Labute approximate surface area is 142 Å². The fraction of sp³-hybridized carbons (Fsp3) is 0.0588. The van der Waals surface area contributed by atoms with Crippen molar-refractivity contribution in [3.05, 3.63) is 66.2 Å². The molecule has 3 heterocycles. The molecular weight excluding hydrogens is 343 g/mol. The van der Waals surface area contributed by atoms with E-state index < -0.39 is 15.7 Å². The highest BCUT2D eigenvalue weighted by Gasteiger charge is 2.19. The van der Waals surface area contributed by atoms with E-state index >= 15 is 0 Å². The number of nitrogens with zero attached hydrogens (tertiary/aromatic N) is 2. The van der Waals surface area contributed by atoms with Crippen molar-refractivity contribution < 1.29 is 12.8 Å². The lowest BCUT2D eigenvalue weighted by molar-refractivity contribution is 0.595. The summed E-state index contributed by atoms with van der Waals surface area (Å²) in [6.45, 7) is 0. The minimum absolute atomic E-state index is 0.165. The first-order chi connectivity index (χ1) is 12.0. The lowest BCUT2D eigenvalue weighted by Gasteiger charge is -2.02. The van der Waals surface area contributed by atoms with Crippen molar-refractivity contribution >= 4 is 20.9 Å². The fourth-order valence-corrected chi connectivity index (χ4v) is 3.97. The summed E-state index contributed by atoms with van der Waals surface area (Å²) in [4.78, 5) is 7.27. The number of pyridine rings is 1. The Morgan fingerprint density at radius 2 is 1.92 bits per heavy atom. The van der Waals surface area contributed by atoms with E-state index in [-0.39, 0.29) is 10.6 Å². The van der Waals surface area contributed by atoms with Crippen LogP contribution in [0.2, 0.25) is 0 Å². The van der Waals surface area contributed by atoms with Gasteiger partial charge in [0.05, 0.1) is 22.0 Å². The fourth-order valence-electron chi connectivity index (χ4n) is 2.64. The van der Waals surface area contributed by atoms with E-state index in [1.807, 2.05) is 6.07 Å². The molecular formula is C17H13FN4O2S. The van der Waals surface area contributed by atoms with Gasteiger partial charge in [-0.15, -0.1) is 0 Å². The maximum Gasteiger partial charge on any atom is 0.184 e. The van der Waals surface area contributed by atoms with E-state index in [2.05, 4.69) is 20.2 Å². The SMILES string of the molecule is O=S(=O)(Cc1ccc(F)cc1)c1c[nH]c(-c2[nH]nc3ncccc23)c1. The molecule has 0 atom stereocenters. The number of rotatable bonds is 4. The van der Waals surface area contributed by atoms with Gasteiger partial charge in [0.15, 0.2) is 15.5 Å². The van der Waals surface area contributed by atoms with Crippen LogP contribution in [0.3, 0.4) is 0 Å². The molecule has 0 unspecified atom stereocenters. The number of hydrogen-bond donors (Lipinski definition) is 2. The summed E-state index contributed by atoms with van der Waals surface area (Å²) in [6.07, 6.45) is 3.08. The maximum atomic E-state index is 13.0. The number of benzene rings is 1. The van der Waals surface area contributed by atoms with Crippen LogP contribution in [0.4, 0.5) is 4.39 Å². The number of sulfone groups is 1. The van der Waals surface area contributed by atoms with Crippen molar-refractivity contribution in [2.75, 3.05) is 0 Å². The number of aromatic nitrogens is 4. The lowest BCUT2D eigenvalue weighted by atomic mass is 10.2. The van der Waals surface area contributed by atoms with Gasteiger partial charge in [-0.3, -0.25) is 5.10 Å². The number of H-pyrrole nitrogens is 2. The number of halogens is 1. The Bertz CT molecular complexity index is 1150. The van der Waals surface area contributed by atoms with Crippen LogP contribution in [-0.4, -0.2) is 28.6 Å².